The van der Waals surface area contributed by atoms with Gasteiger partial charge >= 0.3 is 11.8 Å². The standard InChI is InChI=1S/C8H4N2O4/c11-7-5-2-1-4(10(13)14)3-6(5)8(12)9-7/h1-3H,(H,9,11,12)/p+1. The molecule has 1 aromatic carbocycles. The van der Waals surface area contributed by atoms with Gasteiger partial charge in [0.15, 0.2) is 0 Å². The Hall–Kier alpha value is -2.08. The summed E-state index contributed by atoms with van der Waals surface area (Å²) in [5, 5.41) is 11.3. The van der Waals surface area contributed by atoms with Gasteiger partial charge in [-0.15, -0.1) is 0 Å². The van der Waals surface area contributed by atoms with Crippen molar-refractivity contribution in [1.82, 2.24) is 0 Å². The van der Waals surface area contributed by atoms with E-state index in [1.807, 2.05) is 0 Å². The van der Waals surface area contributed by atoms with Crippen molar-refractivity contribution in [3.8, 4) is 0 Å². The lowest BCUT2D eigenvalue weighted by Crippen LogP contribution is -2.88. The lowest BCUT2D eigenvalue weighted by atomic mass is 10.1. The molecule has 1 heterocycles. The second-order valence-corrected chi connectivity index (χ2v) is 2.86. The van der Waals surface area contributed by atoms with Gasteiger partial charge in [-0.05, 0) is 6.07 Å². The van der Waals surface area contributed by atoms with Gasteiger partial charge in [0.2, 0.25) is 0 Å². The van der Waals surface area contributed by atoms with E-state index in [-0.39, 0.29) is 22.7 Å². The summed E-state index contributed by atoms with van der Waals surface area (Å²) in [6.07, 6.45) is 0. The van der Waals surface area contributed by atoms with E-state index in [0.29, 0.717) is 0 Å². The number of benzene rings is 1. The highest BCUT2D eigenvalue weighted by Gasteiger charge is 2.33. The van der Waals surface area contributed by atoms with Crippen LogP contribution >= 0.6 is 0 Å². The number of nitrogens with zero attached hydrogens (tertiary/aromatic N) is 1. The predicted octanol–water partition coefficient (Wildman–Crippen LogP) is -0.548. The number of hydrogen-bond donors (Lipinski definition) is 1. The monoisotopic (exact) mass is 193 g/mol. The van der Waals surface area contributed by atoms with Gasteiger partial charge in [-0.25, -0.2) is 14.9 Å². The molecular formula is C8H5N2O4+. The molecule has 6 nitrogen and oxygen atoms in total. The zero-order valence-corrected chi connectivity index (χ0v) is 6.89. The zero-order chi connectivity index (χ0) is 10.3. The van der Waals surface area contributed by atoms with Crippen LogP contribution in [0.1, 0.15) is 20.7 Å². The first kappa shape index (κ1) is 8.52. The lowest BCUT2D eigenvalue weighted by molar-refractivity contribution is -0.445. The molecule has 0 aliphatic carbocycles. The van der Waals surface area contributed by atoms with Crippen LogP contribution < -0.4 is 5.32 Å². The number of quaternary nitrogens is 1. The molecule has 2 N–H and O–H groups in total. The van der Waals surface area contributed by atoms with Gasteiger partial charge in [-0.2, -0.15) is 0 Å². The maximum Gasteiger partial charge on any atom is 0.351 e. The number of nitrogens with two attached hydrogens (primary N) is 1. The lowest BCUT2D eigenvalue weighted by Gasteiger charge is -1.91. The third-order valence-corrected chi connectivity index (χ3v) is 2.01. The Balaban J connectivity index is 2.61. The molecule has 2 amide bonds. The molecule has 0 bridgehead atoms. The second-order valence-electron chi connectivity index (χ2n) is 2.86. The molecule has 0 saturated heterocycles. The van der Waals surface area contributed by atoms with E-state index in [0.717, 1.165) is 11.4 Å². The van der Waals surface area contributed by atoms with E-state index in [1.165, 1.54) is 12.1 Å². The van der Waals surface area contributed by atoms with Crippen LogP contribution in [0.15, 0.2) is 18.2 Å². The molecule has 1 aromatic rings. The highest BCUT2D eigenvalue weighted by Crippen LogP contribution is 2.18. The molecule has 70 valence electrons. The summed E-state index contributed by atoms with van der Waals surface area (Å²) in [7, 11) is 0. The van der Waals surface area contributed by atoms with E-state index in [4.69, 9.17) is 0 Å². The zero-order valence-electron chi connectivity index (χ0n) is 6.89. The molecule has 0 aromatic heterocycles. The Morgan fingerprint density at radius 3 is 2.43 bits per heavy atom. The fourth-order valence-electron chi connectivity index (χ4n) is 1.34. The van der Waals surface area contributed by atoms with Gasteiger partial charge in [0, 0.05) is 12.1 Å². The summed E-state index contributed by atoms with van der Waals surface area (Å²) in [5.74, 6) is -0.853. The van der Waals surface area contributed by atoms with Gasteiger partial charge in [0.05, 0.1) is 10.5 Å². The fourth-order valence-corrected chi connectivity index (χ4v) is 1.34. The molecule has 1 aliphatic rings. The van der Waals surface area contributed by atoms with Crippen LogP contribution in [0.25, 0.3) is 0 Å². The van der Waals surface area contributed by atoms with E-state index >= 15 is 0 Å². The van der Waals surface area contributed by atoms with E-state index in [1.54, 1.807) is 0 Å². The first-order valence-corrected chi connectivity index (χ1v) is 3.81. The minimum atomic E-state index is -0.601. The molecule has 1 aliphatic heterocycles. The van der Waals surface area contributed by atoms with Crippen molar-refractivity contribution in [2.75, 3.05) is 0 Å². The highest BCUT2D eigenvalue weighted by molar-refractivity contribution is 6.10. The Bertz CT molecular complexity index is 466. The number of primary amides is 2. The molecule has 2 rings (SSSR count). The Morgan fingerprint density at radius 1 is 1.14 bits per heavy atom. The number of amides is 2. The molecule has 6 heteroatoms. The molecule has 0 radical (unpaired) electrons. The van der Waals surface area contributed by atoms with Gasteiger partial charge in [-0.3, -0.25) is 10.1 Å². The van der Waals surface area contributed by atoms with Gasteiger partial charge < -0.3 is 0 Å². The average molecular weight is 193 g/mol. The Labute approximate surface area is 77.7 Å². The second kappa shape index (κ2) is 2.71. The van der Waals surface area contributed by atoms with Crippen molar-refractivity contribution in [3.63, 3.8) is 0 Å². The topological polar surface area (TPSA) is 93.9 Å². The van der Waals surface area contributed by atoms with Crippen LogP contribution in [0.2, 0.25) is 0 Å². The number of carbonyl (C=O) groups excluding carboxylic acids is 2. The SMILES string of the molecule is O=C1[NH2+]C(=O)c2cc([N+](=O)[O-])ccc21. The van der Waals surface area contributed by atoms with Gasteiger partial charge in [-0.1, -0.05) is 0 Å². The minimum Gasteiger partial charge on any atom is -0.258 e. The first-order chi connectivity index (χ1) is 6.59. The number of hydrogen-bond acceptors (Lipinski definition) is 4. The third-order valence-electron chi connectivity index (χ3n) is 2.01. The summed E-state index contributed by atoms with van der Waals surface area (Å²) in [6.45, 7) is 0. The van der Waals surface area contributed by atoms with E-state index in [9.17, 15) is 19.7 Å². The summed E-state index contributed by atoms with van der Waals surface area (Å²) in [4.78, 5) is 32.0. The molecule has 0 fully saturated rings. The van der Waals surface area contributed by atoms with Crippen LogP contribution in [-0.4, -0.2) is 16.7 Å². The maximum absolute atomic E-state index is 11.2. The normalized spacial score (nSPS) is 14.3. The molecular weight excluding hydrogens is 188 g/mol. The number of carbonyl (C=O) groups is 2. The molecule has 0 saturated carbocycles. The van der Waals surface area contributed by atoms with Crippen molar-refractivity contribution < 1.29 is 19.8 Å². The van der Waals surface area contributed by atoms with E-state index in [2.05, 4.69) is 0 Å². The first-order valence-electron chi connectivity index (χ1n) is 3.81. The minimum absolute atomic E-state index is 0.115. The molecule has 14 heavy (non-hydrogen) atoms. The summed E-state index contributed by atoms with van der Waals surface area (Å²) < 4.78 is 0. The summed E-state index contributed by atoms with van der Waals surface area (Å²) in [6, 6.07) is 3.64. The molecule has 0 atom stereocenters. The number of rotatable bonds is 1. The fraction of sp³-hybridized carbons (Fsp3) is 0. The summed E-state index contributed by atoms with van der Waals surface area (Å²) >= 11 is 0. The summed E-state index contributed by atoms with van der Waals surface area (Å²) in [5.41, 5.74) is 0.171. The highest BCUT2D eigenvalue weighted by atomic mass is 16.6. The number of fused-ring (bicyclic) bond motifs is 1. The van der Waals surface area contributed by atoms with Crippen molar-refractivity contribution in [2.45, 2.75) is 0 Å². The van der Waals surface area contributed by atoms with Crippen molar-refractivity contribution >= 4 is 17.5 Å². The maximum atomic E-state index is 11.2. The largest absolute Gasteiger partial charge is 0.351 e. The third kappa shape index (κ3) is 1.09. The molecule has 0 unspecified atom stereocenters. The van der Waals surface area contributed by atoms with Crippen LogP contribution in [0.4, 0.5) is 5.69 Å². The Morgan fingerprint density at radius 2 is 1.79 bits per heavy atom. The quantitative estimate of drug-likeness (QED) is 0.368. The number of nitro groups is 1. The Kier molecular flexibility index (Phi) is 1.65. The average Bonchev–Trinajstić information content (AvgIpc) is 2.42. The van der Waals surface area contributed by atoms with Crippen LogP contribution in [0.5, 0.6) is 0 Å². The van der Waals surface area contributed by atoms with Crippen LogP contribution in [0.3, 0.4) is 0 Å². The van der Waals surface area contributed by atoms with Crippen LogP contribution in [0, 0.1) is 10.1 Å². The van der Waals surface area contributed by atoms with Crippen molar-refractivity contribution in [2.24, 2.45) is 0 Å². The van der Waals surface area contributed by atoms with E-state index < -0.39 is 10.8 Å². The van der Waals surface area contributed by atoms with Crippen LogP contribution in [-0.2, 0) is 0 Å². The van der Waals surface area contributed by atoms with Crippen molar-refractivity contribution in [3.05, 3.63) is 39.4 Å². The molecule has 0 spiro atoms. The van der Waals surface area contributed by atoms with Gasteiger partial charge in [0.1, 0.15) is 5.56 Å². The number of nitro benzene ring substituents is 1. The number of imide groups is 1. The van der Waals surface area contributed by atoms with Crippen molar-refractivity contribution in [1.29, 1.82) is 0 Å². The number of non-ortho nitro benzene ring substituents is 1. The smallest absolute Gasteiger partial charge is 0.258 e. The predicted molar refractivity (Wildman–Crippen MR) is 43.7 cm³/mol. The van der Waals surface area contributed by atoms with Gasteiger partial charge in [0.25, 0.3) is 5.69 Å².